The third kappa shape index (κ3) is 4.74. The van der Waals surface area contributed by atoms with Crippen LogP contribution in [0.4, 0.5) is 0 Å². The van der Waals surface area contributed by atoms with E-state index in [0.717, 1.165) is 24.2 Å². The Bertz CT molecular complexity index is 450. The highest BCUT2D eigenvalue weighted by molar-refractivity contribution is 5.75. The fourth-order valence-electron chi connectivity index (χ4n) is 2.83. The van der Waals surface area contributed by atoms with E-state index in [1.165, 1.54) is 19.3 Å². The lowest BCUT2D eigenvalue weighted by Crippen LogP contribution is -2.38. The van der Waals surface area contributed by atoms with Gasteiger partial charge in [-0.15, -0.1) is 0 Å². The molecule has 0 radical (unpaired) electrons. The molecule has 116 valence electrons. The predicted molar refractivity (Wildman–Crippen MR) is 82.6 cm³/mol. The highest BCUT2D eigenvalue weighted by atomic mass is 16.5. The van der Waals surface area contributed by atoms with Crippen LogP contribution in [0.2, 0.25) is 0 Å². The van der Waals surface area contributed by atoms with Crippen molar-refractivity contribution >= 4 is 5.97 Å². The largest absolute Gasteiger partial charge is 0.491 e. The summed E-state index contributed by atoms with van der Waals surface area (Å²) in [6, 6.07) is 7.04. The molecule has 4 nitrogen and oxygen atoms in total. The van der Waals surface area contributed by atoms with E-state index in [9.17, 15) is 9.90 Å². The molecule has 0 bridgehead atoms. The van der Waals surface area contributed by atoms with Crippen molar-refractivity contribution in [2.75, 3.05) is 0 Å². The van der Waals surface area contributed by atoms with E-state index in [4.69, 9.17) is 4.74 Å². The molecule has 1 saturated carbocycles. The van der Waals surface area contributed by atoms with Crippen molar-refractivity contribution in [3.63, 3.8) is 0 Å². The minimum absolute atomic E-state index is 0.117. The topological polar surface area (TPSA) is 58.6 Å². The monoisotopic (exact) mass is 291 g/mol. The average molecular weight is 291 g/mol. The van der Waals surface area contributed by atoms with Gasteiger partial charge in [0.2, 0.25) is 0 Å². The van der Waals surface area contributed by atoms with Gasteiger partial charge in [-0.3, -0.25) is 10.1 Å². The van der Waals surface area contributed by atoms with Crippen molar-refractivity contribution < 1.29 is 14.6 Å². The smallest absolute Gasteiger partial charge is 0.325 e. The number of hydrogen-bond donors (Lipinski definition) is 2. The predicted octanol–water partition coefficient (Wildman–Crippen LogP) is 3.52. The summed E-state index contributed by atoms with van der Waals surface area (Å²) in [6.45, 7) is 3.94. The van der Waals surface area contributed by atoms with Gasteiger partial charge in [0.15, 0.2) is 0 Å². The Labute approximate surface area is 126 Å². The molecule has 1 aliphatic rings. The van der Waals surface area contributed by atoms with Crippen molar-refractivity contribution in [1.82, 2.24) is 5.32 Å². The molecule has 0 heterocycles. The van der Waals surface area contributed by atoms with Crippen LogP contribution in [-0.4, -0.2) is 23.2 Å². The fourth-order valence-corrected chi connectivity index (χ4v) is 2.83. The Hall–Kier alpha value is -1.55. The molecule has 2 N–H and O–H groups in total. The molecule has 2 rings (SSSR count). The Balaban J connectivity index is 2.04. The summed E-state index contributed by atoms with van der Waals surface area (Å²) in [7, 11) is 0. The Morgan fingerprint density at radius 1 is 1.19 bits per heavy atom. The minimum Gasteiger partial charge on any atom is -0.491 e. The number of ether oxygens (including phenoxy) is 1. The molecule has 1 aromatic rings. The first-order chi connectivity index (χ1) is 10.1. The van der Waals surface area contributed by atoms with E-state index in [1.807, 2.05) is 38.1 Å². The SMILES string of the molecule is CC(C)Oc1ccc(C(NC2CCCCC2)C(=O)O)cc1. The maximum absolute atomic E-state index is 11.5. The van der Waals surface area contributed by atoms with Crippen LogP contribution in [0, 0.1) is 0 Å². The number of nitrogens with one attached hydrogen (secondary N) is 1. The molecule has 0 aliphatic heterocycles. The van der Waals surface area contributed by atoms with E-state index in [-0.39, 0.29) is 6.10 Å². The lowest BCUT2D eigenvalue weighted by molar-refractivity contribution is -0.140. The number of carboxylic acid groups (broad SMARTS) is 1. The second-order valence-corrected chi connectivity index (χ2v) is 6.01. The van der Waals surface area contributed by atoms with Crippen LogP contribution >= 0.6 is 0 Å². The first-order valence-electron chi connectivity index (χ1n) is 7.81. The lowest BCUT2D eigenvalue weighted by Gasteiger charge is -2.26. The third-order valence-corrected chi connectivity index (χ3v) is 3.84. The van der Waals surface area contributed by atoms with Crippen LogP contribution in [0.1, 0.15) is 57.6 Å². The van der Waals surface area contributed by atoms with Crippen LogP contribution in [0.5, 0.6) is 5.75 Å². The molecular formula is C17H25NO3. The number of aliphatic carboxylic acids is 1. The second-order valence-electron chi connectivity index (χ2n) is 6.01. The van der Waals surface area contributed by atoms with Gasteiger partial charge < -0.3 is 9.84 Å². The Morgan fingerprint density at radius 3 is 2.33 bits per heavy atom. The molecule has 1 atom stereocenters. The van der Waals surface area contributed by atoms with Crippen LogP contribution in [0.15, 0.2) is 24.3 Å². The van der Waals surface area contributed by atoms with E-state index < -0.39 is 12.0 Å². The van der Waals surface area contributed by atoms with Crippen molar-refractivity contribution in [2.45, 2.75) is 64.1 Å². The maximum Gasteiger partial charge on any atom is 0.325 e. The number of carboxylic acids is 1. The number of rotatable bonds is 6. The van der Waals surface area contributed by atoms with Gasteiger partial charge in [-0.2, -0.15) is 0 Å². The zero-order chi connectivity index (χ0) is 15.2. The zero-order valence-electron chi connectivity index (χ0n) is 12.8. The fraction of sp³-hybridized carbons (Fsp3) is 0.588. The van der Waals surface area contributed by atoms with Gasteiger partial charge in [-0.1, -0.05) is 31.4 Å². The van der Waals surface area contributed by atoms with Gasteiger partial charge in [-0.05, 0) is 44.4 Å². The normalized spacial score (nSPS) is 17.7. The van der Waals surface area contributed by atoms with Gasteiger partial charge in [0.1, 0.15) is 11.8 Å². The molecular weight excluding hydrogens is 266 g/mol. The van der Waals surface area contributed by atoms with Crippen molar-refractivity contribution in [2.24, 2.45) is 0 Å². The molecule has 21 heavy (non-hydrogen) atoms. The maximum atomic E-state index is 11.5. The summed E-state index contributed by atoms with van der Waals surface area (Å²) in [6.07, 6.45) is 5.89. The molecule has 0 saturated heterocycles. The number of carbonyl (C=O) groups is 1. The van der Waals surface area contributed by atoms with E-state index in [1.54, 1.807) is 0 Å². The van der Waals surface area contributed by atoms with Crippen molar-refractivity contribution in [1.29, 1.82) is 0 Å². The summed E-state index contributed by atoms with van der Waals surface area (Å²) < 4.78 is 5.59. The molecule has 1 aliphatic carbocycles. The second kappa shape index (κ2) is 7.46. The summed E-state index contributed by atoms with van der Waals surface area (Å²) in [5, 5.41) is 12.8. The molecule has 1 fully saturated rings. The lowest BCUT2D eigenvalue weighted by atomic mass is 9.94. The summed E-state index contributed by atoms with van der Waals surface area (Å²) in [5.74, 6) is -0.0475. The van der Waals surface area contributed by atoms with Gasteiger partial charge in [0.05, 0.1) is 6.10 Å². The van der Waals surface area contributed by atoms with Gasteiger partial charge in [0.25, 0.3) is 0 Å². The summed E-state index contributed by atoms with van der Waals surface area (Å²) in [5.41, 5.74) is 0.782. The number of hydrogen-bond acceptors (Lipinski definition) is 3. The van der Waals surface area contributed by atoms with Crippen LogP contribution in [-0.2, 0) is 4.79 Å². The van der Waals surface area contributed by atoms with Gasteiger partial charge in [-0.25, -0.2) is 0 Å². The van der Waals surface area contributed by atoms with E-state index in [0.29, 0.717) is 6.04 Å². The average Bonchev–Trinajstić information content (AvgIpc) is 2.46. The summed E-state index contributed by atoms with van der Waals surface area (Å²) in [4.78, 5) is 11.5. The van der Waals surface area contributed by atoms with Crippen LogP contribution in [0.25, 0.3) is 0 Å². The molecule has 1 unspecified atom stereocenters. The molecule has 1 aromatic carbocycles. The highest BCUT2D eigenvalue weighted by Gasteiger charge is 2.24. The number of benzene rings is 1. The molecule has 0 spiro atoms. The van der Waals surface area contributed by atoms with E-state index in [2.05, 4.69) is 5.32 Å². The quantitative estimate of drug-likeness (QED) is 0.842. The molecule has 0 amide bonds. The van der Waals surface area contributed by atoms with Crippen LogP contribution in [0.3, 0.4) is 0 Å². The Kier molecular flexibility index (Phi) is 5.62. The highest BCUT2D eigenvalue weighted by Crippen LogP contribution is 2.23. The standard InChI is InChI=1S/C17H25NO3/c1-12(2)21-15-10-8-13(9-11-15)16(17(19)20)18-14-6-4-3-5-7-14/h8-12,14,16,18H,3-7H2,1-2H3,(H,19,20). The zero-order valence-corrected chi connectivity index (χ0v) is 12.8. The molecule has 0 aromatic heterocycles. The first kappa shape index (κ1) is 15.8. The van der Waals surface area contributed by atoms with E-state index >= 15 is 0 Å². The third-order valence-electron chi connectivity index (χ3n) is 3.84. The summed E-state index contributed by atoms with van der Waals surface area (Å²) >= 11 is 0. The van der Waals surface area contributed by atoms with Gasteiger partial charge in [0, 0.05) is 6.04 Å². The molecule has 4 heteroatoms. The Morgan fingerprint density at radius 2 is 1.81 bits per heavy atom. The minimum atomic E-state index is -0.821. The first-order valence-corrected chi connectivity index (χ1v) is 7.81. The van der Waals surface area contributed by atoms with Crippen molar-refractivity contribution in [3.05, 3.63) is 29.8 Å². The van der Waals surface area contributed by atoms with Crippen LogP contribution < -0.4 is 10.1 Å². The van der Waals surface area contributed by atoms with Crippen molar-refractivity contribution in [3.8, 4) is 5.75 Å². The van der Waals surface area contributed by atoms with Gasteiger partial charge >= 0.3 is 5.97 Å².